The quantitative estimate of drug-likeness (QED) is 0.706. The van der Waals surface area contributed by atoms with Gasteiger partial charge in [-0.2, -0.15) is 10.4 Å². The van der Waals surface area contributed by atoms with Crippen LogP contribution in [0.25, 0.3) is 0 Å². The van der Waals surface area contributed by atoms with Crippen molar-refractivity contribution in [2.45, 2.75) is 32.4 Å². The fraction of sp³-hybridized carbons (Fsp3) is 0.636. The molecule has 0 saturated carbocycles. The molecule has 0 amide bonds. The number of aliphatic hydroxyl groups is 1. The minimum atomic E-state index is -0.586. The zero-order valence-corrected chi connectivity index (χ0v) is 9.46. The van der Waals surface area contributed by atoms with Crippen molar-refractivity contribution < 1.29 is 9.84 Å². The standard InChI is InChI=1S/C11H17N3O2/c1-2-4-14-9-10(8-13-14)11(7-12)16-6-3-5-15/h8-9,11,15H,2-6H2,1H3. The third kappa shape index (κ3) is 3.65. The number of hydrogen-bond donors (Lipinski definition) is 1. The third-order valence-electron chi connectivity index (χ3n) is 2.11. The zero-order valence-electron chi connectivity index (χ0n) is 9.46. The smallest absolute Gasteiger partial charge is 0.172 e. The Hall–Kier alpha value is -1.38. The van der Waals surface area contributed by atoms with E-state index in [0.717, 1.165) is 18.5 Å². The highest BCUT2D eigenvalue weighted by Crippen LogP contribution is 2.15. The van der Waals surface area contributed by atoms with Crippen molar-refractivity contribution in [1.29, 1.82) is 5.26 Å². The van der Waals surface area contributed by atoms with Crippen LogP contribution in [0.15, 0.2) is 12.4 Å². The average molecular weight is 223 g/mol. The fourth-order valence-electron chi connectivity index (χ4n) is 1.34. The van der Waals surface area contributed by atoms with E-state index < -0.39 is 6.10 Å². The minimum Gasteiger partial charge on any atom is -0.396 e. The second kappa shape index (κ2) is 6.99. The van der Waals surface area contributed by atoms with Gasteiger partial charge in [0.2, 0.25) is 0 Å². The van der Waals surface area contributed by atoms with Gasteiger partial charge in [-0.25, -0.2) is 0 Å². The first-order valence-electron chi connectivity index (χ1n) is 5.46. The van der Waals surface area contributed by atoms with E-state index in [0.29, 0.717) is 13.0 Å². The van der Waals surface area contributed by atoms with Gasteiger partial charge in [0.15, 0.2) is 6.10 Å². The van der Waals surface area contributed by atoms with Gasteiger partial charge in [-0.15, -0.1) is 0 Å². The normalized spacial score (nSPS) is 12.3. The average Bonchev–Trinajstić information content (AvgIpc) is 2.74. The van der Waals surface area contributed by atoms with E-state index in [1.165, 1.54) is 0 Å². The van der Waals surface area contributed by atoms with Crippen LogP contribution in [-0.2, 0) is 11.3 Å². The number of nitrogens with zero attached hydrogens (tertiary/aromatic N) is 3. The zero-order chi connectivity index (χ0) is 11.8. The number of rotatable bonds is 7. The van der Waals surface area contributed by atoms with E-state index in [-0.39, 0.29) is 6.61 Å². The molecule has 88 valence electrons. The van der Waals surface area contributed by atoms with Gasteiger partial charge in [0.1, 0.15) is 0 Å². The maximum absolute atomic E-state index is 8.94. The van der Waals surface area contributed by atoms with Crippen LogP contribution >= 0.6 is 0 Å². The SMILES string of the molecule is CCCn1cc(C(C#N)OCCCO)cn1. The summed E-state index contributed by atoms with van der Waals surface area (Å²) in [7, 11) is 0. The molecular weight excluding hydrogens is 206 g/mol. The molecule has 1 rings (SSSR count). The Labute approximate surface area is 95.3 Å². The molecule has 5 nitrogen and oxygen atoms in total. The Morgan fingerprint density at radius 3 is 3.12 bits per heavy atom. The summed E-state index contributed by atoms with van der Waals surface area (Å²) in [5, 5.41) is 21.7. The van der Waals surface area contributed by atoms with Crippen LogP contribution in [0.5, 0.6) is 0 Å². The summed E-state index contributed by atoms with van der Waals surface area (Å²) in [6.07, 6.45) is 4.45. The molecule has 1 aromatic rings. The van der Waals surface area contributed by atoms with Gasteiger partial charge in [0.05, 0.1) is 18.9 Å². The summed E-state index contributed by atoms with van der Waals surface area (Å²) in [6.45, 7) is 3.37. The summed E-state index contributed by atoms with van der Waals surface area (Å²) in [6, 6.07) is 2.08. The monoisotopic (exact) mass is 223 g/mol. The molecule has 1 N–H and O–H groups in total. The van der Waals surface area contributed by atoms with Crippen molar-refractivity contribution >= 4 is 0 Å². The van der Waals surface area contributed by atoms with Gasteiger partial charge in [0, 0.05) is 24.9 Å². The molecule has 0 saturated heterocycles. The van der Waals surface area contributed by atoms with Crippen molar-refractivity contribution in [2.24, 2.45) is 0 Å². The fourth-order valence-corrected chi connectivity index (χ4v) is 1.34. The number of nitriles is 1. The Balaban J connectivity index is 2.54. The molecule has 0 bridgehead atoms. The van der Waals surface area contributed by atoms with Gasteiger partial charge in [-0.1, -0.05) is 6.92 Å². The molecule has 1 aromatic heterocycles. The van der Waals surface area contributed by atoms with Crippen LogP contribution in [0, 0.1) is 11.3 Å². The number of aliphatic hydroxyl groups excluding tert-OH is 1. The van der Waals surface area contributed by atoms with Crippen molar-refractivity contribution in [3.8, 4) is 6.07 Å². The first kappa shape index (κ1) is 12.7. The maximum atomic E-state index is 8.94. The van der Waals surface area contributed by atoms with Crippen molar-refractivity contribution in [2.75, 3.05) is 13.2 Å². The van der Waals surface area contributed by atoms with Gasteiger partial charge >= 0.3 is 0 Å². The van der Waals surface area contributed by atoms with E-state index in [1.54, 1.807) is 10.9 Å². The Morgan fingerprint density at radius 1 is 1.69 bits per heavy atom. The molecule has 0 aliphatic heterocycles. The number of aromatic nitrogens is 2. The molecular formula is C11H17N3O2. The molecule has 1 heterocycles. The molecule has 0 aromatic carbocycles. The molecule has 5 heteroatoms. The van der Waals surface area contributed by atoms with E-state index in [1.807, 2.05) is 6.20 Å². The third-order valence-corrected chi connectivity index (χ3v) is 2.11. The summed E-state index contributed by atoms with van der Waals surface area (Å²) in [4.78, 5) is 0. The van der Waals surface area contributed by atoms with Crippen molar-refractivity contribution in [3.63, 3.8) is 0 Å². The van der Waals surface area contributed by atoms with E-state index in [9.17, 15) is 0 Å². The van der Waals surface area contributed by atoms with Gasteiger partial charge in [0.25, 0.3) is 0 Å². The molecule has 1 atom stereocenters. The van der Waals surface area contributed by atoms with Crippen LogP contribution in [-0.4, -0.2) is 28.1 Å². The Morgan fingerprint density at radius 2 is 2.50 bits per heavy atom. The van der Waals surface area contributed by atoms with E-state index in [4.69, 9.17) is 15.1 Å². The molecule has 0 radical (unpaired) electrons. The molecule has 16 heavy (non-hydrogen) atoms. The summed E-state index contributed by atoms with van der Waals surface area (Å²) < 4.78 is 7.14. The number of hydrogen-bond acceptors (Lipinski definition) is 4. The first-order chi connectivity index (χ1) is 7.81. The van der Waals surface area contributed by atoms with Crippen LogP contribution in [0.1, 0.15) is 31.4 Å². The van der Waals surface area contributed by atoms with Crippen LogP contribution < -0.4 is 0 Å². The number of aryl methyl sites for hydroxylation is 1. The van der Waals surface area contributed by atoms with E-state index in [2.05, 4.69) is 18.1 Å². The van der Waals surface area contributed by atoms with Gasteiger partial charge in [-0.3, -0.25) is 4.68 Å². The second-order valence-electron chi connectivity index (χ2n) is 3.49. The summed E-state index contributed by atoms with van der Waals surface area (Å²) >= 11 is 0. The first-order valence-corrected chi connectivity index (χ1v) is 5.46. The van der Waals surface area contributed by atoms with Gasteiger partial charge in [-0.05, 0) is 12.8 Å². The summed E-state index contributed by atoms with van der Waals surface area (Å²) in [5.74, 6) is 0. The molecule has 0 fully saturated rings. The lowest BCUT2D eigenvalue weighted by atomic mass is 10.2. The lowest BCUT2D eigenvalue weighted by Gasteiger charge is -2.07. The van der Waals surface area contributed by atoms with Crippen molar-refractivity contribution in [1.82, 2.24) is 9.78 Å². The highest BCUT2D eigenvalue weighted by Gasteiger charge is 2.12. The minimum absolute atomic E-state index is 0.0766. The lowest BCUT2D eigenvalue weighted by molar-refractivity contribution is 0.0773. The molecule has 0 aliphatic rings. The van der Waals surface area contributed by atoms with E-state index >= 15 is 0 Å². The molecule has 1 unspecified atom stereocenters. The van der Waals surface area contributed by atoms with Crippen LogP contribution in [0.4, 0.5) is 0 Å². The Bertz CT molecular complexity index is 343. The number of ether oxygens (including phenoxy) is 1. The van der Waals surface area contributed by atoms with Gasteiger partial charge < -0.3 is 9.84 Å². The predicted molar refractivity (Wildman–Crippen MR) is 58.5 cm³/mol. The summed E-state index contributed by atoms with van der Waals surface area (Å²) in [5.41, 5.74) is 0.772. The highest BCUT2D eigenvalue weighted by molar-refractivity contribution is 5.15. The largest absolute Gasteiger partial charge is 0.396 e. The van der Waals surface area contributed by atoms with Crippen LogP contribution in [0.2, 0.25) is 0 Å². The Kier molecular flexibility index (Phi) is 5.54. The predicted octanol–water partition coefficient (Wildman–Crippen LogP) is 1.26. The second-order valence-corrected chi connectivity index (χ2v) is 3.49. The lowest BCUT2D eigenvalue weighted by Crippen LogP contribution is -2.04. The van der Waals surface area contributed by atoms with Crippen molar-refractivity contribution in [3.05, 3.63) is 18.0 Å². The molecule has 0 spiro atoms. The highest BCUT2D eigenvalue weighted by atomic mass is 16.5. The molecule has 0 aliphatic carbocycles. The topological polar surface area (TPSA) is 71.1 Å². The van der Waals surface area contributed by atoms with Crippen LogP contribution in [0.3, 0.4) is 0 Å². The maximum Gasteiger partial charge on any atom is 0.172 e.